The zero-order chi connectivity index (χ0) is 11.8. The van der Waals surface area contributed by atoms with Gasteiger partial charge in [-0.1, -0.05) is 11.8 Å². The van der Waals surface area contributed by atoms with Gasteiger partial charge < -0.3 is 15.5 Å². The second-order valence-electron chi connectivity index (χ2n) is 3.26. The molecule has 1 aromatic heterocycles. The first kappa shape index (κ1) is 13.5. The molecule has 1 aromatic rings. The molecule has 0 spiro atoms. The Hall–Kier alpha value is -0.590. The molecular weight excluding hydrogens is 234 g/mol. The molecule has 0 saturated heterocycles. The van der Waals surface area contributed by atoms with Crippen LogP contribution in [0.3, 0.4) is 0 Å². The summed E-state index contributed by atoms with van der Waals surface area (Å²) in [6.07, 6.45) is 0.912. The van der Waals surface area contributed by atoms with Gasteiger partial charge in [0.2, 0.25) is 0 Å². The Morgan fingerprint density at radius 1 is 1.38 bits per heavy atom. The Balaban J connectivity index is 2.22. The average molecular weight is 250 g/mol. The highest BCUT2D eigenvalue weighted by atomic mass is 32.2. The summed E-state index contributed by atoms with van der Waals surface area (Å²) in [4.78, 5) is 0. The van der Waals surface area contributed by atoms with E-state index in [4.69, 9.17) is 10.2 Å². The molecule has 3 nitrogen and oxygen atoms in total. The van der Waals surface area contributed by atoms with Crippen molar-refractivity contribution < 1.29 is 13.2 Å². The first-order chi connectivity index (χ1) is 7.72. The molecule has 1 rings (SSSR count). The van der Waals surface area contributed by atoms with Gasteiger partial charge in [0.25, 0.3) is 5.76 Å². The van der Waals surface area contributed by atoms with Crippen molar-refractivity contribution in [2.75, 3.05) is 13.1 Å². The van der Waals surface area contributed by atoms with Crippen LogP contribution in [0, 0.1) is 0 Å². The summed E-state index contributed by atoms with van der Waals surface area (Å²) in [6.45, 7) is 2.10. The van der Waals surface area contributed by atoms with Crippen molar-refractivity contribution in [2.45, 2.75) is 24.5 Å². The van der Waals surface area contributed by atoms with Crippen molar-refractivity contribution in [3.8, 4) is 0 Å². The van der Waals surface area contributed by atoms with Gasteiger partial charge in [0.05, 0.1) is 12.3 Å². The van der Waals surface area contributed by atoms with Gasteiger partial charge >= 0.3 is 0 Å². The third-order valence-corrected chi connectivity index (χ3v) is 2.63. The molecule has 0 aliphatic carbocycles. The maximum atomic E-state index is 11.9. The maximum Gasteiger partial charge on any atom is 0.284 e. The molecule has 0 aliphatic rings. The average Bonchev–Trinajstić information content (AvgIpc) is 2.70. The van der Waals surface area contributed by atoms with Crippen LogP contribution < -0.4 is 11.1 Å². The van der Waals surface area contributed by atoms with E-state index in [1.54, 1.807) is 12.1 Å². The third-order valence-electron chi connectivity index (χ3n) is 1.93. The van der Waals surface area contributed by atoms with Crippen LogP contribution in [0.25, 0.3) is 0 Å². The number of furan rings is 1. The van der Waals surface area contributed by atoms with Crippen molar-refractivity contribution in [1.29, 1.82) is 0 Å². The van der Waals surface area contributed by atoms with E-state index in [9.17, 15) is 8.78 Å². The molecule has 1 heterocycles. The van der Waals surface area contributed by atoms with Crippen LogP contribution in [0.5, 0.6) is 0 Å². The van der Waals surface area contributed by atoms with Crippen molar-refractivity contribution in [2.24, 2.45) is 5.73 Å². The summed E-state index contributed by atoms with van der Waals surface area (Å²) in [6, 6.07) is 3.53. The fourth-order valence-corrected chi connectivity index (χ4v) is 1.62. The predicted octanol–water partition coefficient (Wildman–Crippen LogP) is 2.17. The largest absolute Gasteiger partial charge is 0.464 e. The second-order valence-corrected chi connectivity index (χ2v) is 4.24. The Morgan fingerprint density at radius 3 is 2.81 bits per heavy atom. The van der Waals surface area contributed by atoms with E-state index in [-0.39, 0.29) is 5.75 Å². The van der Waals surface area contributed by atoms with Gasteiger partial charge in [0.15, 0.2) is 0 Å². The lowest BCUT2D eigenvalue weighted by Crippen LogP contribution is -2.17. The molecule has 16 heavy (non-hydrogen) atoms. The molecule has 0 amide bonds. The Bertz CT molecular complexity index is 294. The summed E-state index contributed by atoms with van der Waals surface area (Å²) in [5.74, 6) is -0.792. The van der Waals surface area contributed by atoms with Crippen molar-refractivity contribution in [3.63, 3.8) is 0 Å². The minimum atomic E-state index is -2.35. The third kappa shape index (κ3) is 5.48. The first-order valence-corrected chi connectivity index (χ1v) is 6.15. The topological polar surface area (TPSA) is 51.2 Å². The van der Waals surface area contributed by atoms with Crippen LogP contribution in [-0.4, -0.2) is 18.8 Å². The fourth-order valence-electron chi connectivity index (χ4n) is 1.18. The summed E-state index contributed by atoms with van der Waals surface area (Å²) in [7, 11) is 0. The highest BCUT2D eigenvalue weighted by Crippen LogP contribution is 2.21. The summed E-state index contributed by atoms with van der Waals surface area (Å²) in [5.41, 5.74) is 5.34. The SMILES string of the molecule is NCCCNCc1ccc(CSC(F)F)o1. The molecule has 3 N–H and O–H groups in total. The van der Waals surface area contributed by atoms with E-state index in [1.165, 1.54) is 0 Å². The summed E-state index contributed by atoms with van der Waals surface area (Å²) in [5, 5.41) is 3.15. The number of thioether (sulfide) groups is 1. The number of hydrogen-bond acceptors (Lipinski definition) is 4. The lowest BCUT2D eigenvalue weighted by molar-refractivity contribution is 0.251. The zero-order valence-electron chi connectivity index (χ0n) is 8.92. The minimum Gasteiger partial charge on any atom is -0.464 e. The molecule has 6 heteroatoms. The molecule has 0 saturated carbocycles. The molecule has 0 bridgehead atoms. The Morgan fingerprint density at radius 2 is 2.12 bits per heavy atom. The van der Waals surface area contributed by atoms with Crippen LogP contribution in [0.2, 0.25) is 0 Å². The van der Waals surface area contributed by atoms with Gasteiger partial charge in [-0.05, 0) is 31.6 Å². The van der Waals surface area contributed by atoms with Crippen LogP contribution in [0.4, 0.5) is 8.78 Å². The standard InChI is InChI=1S/C10H16F2N2OS/c11-10(12)16-7-9-3-2-8(15-9)6-14-5-1-4-13/h2-3,10,14H,1,4-7,13H2. The van der Waals surface area contributed by atoms with E-state index in [1.807, 2.05) is 0 Å². The molecule has 0 atom stereocenters. The number of halogens is 2. The van der Waals surface area contributed by atoms with Crippen LogP contribution in [0.1, 0.15) is 17.9 Å². The highest BCUT2D eigenvalue weighted by Gasteiger charge is 2.06. The van der Waals surface area contributed by atoms with Gasteiger partial charge in [-0.2, -0.15) is 8.78 Å². The smallest absolute Gasteiger partial charge is 0.284 e. The number of nitrogens with two attached hydrogens (primary N) is 1. The normalized spacial score (nSPS) is 11.2. The number of rotatable bonds is 8. The molecule has 0 fully saturated rings. The van der Waals surface area contributed by atoms with Gasteiger partial charge in [0.1, 0.15) is 11.5 Å². The van der Waals surface area contributed by atoms with Crippen molar-refractivity contribution in [1.82, 2.24) is 5.32 Å². The minimum absolute atomic E-state index is 0.209. The number of hydrogen-bond donors (Lipinski definition) is 2. The highest BCUT2D eigenvalue weighted by molar-refractivity contribution is 7.98. The summed E-state index contributed by atoms with van der Waals surface area (Å²) >= 11 is 0.566. The van der Waals surface area contributed by atoms with Crippen LogP contribution >= 0.6 is 11.8 Å². The van der Waals surface area contributed by atoms with Gasteiger partial charge in [-0.15, -0.1) is 0 Å². The number of nitrogens with one attached hydrogen (secondary N) is 1. The zero-order valence-corrected chi connectivity index (χ0v) is 9.73. The van der Waals surface area contributed by atoms with Gasteiger partial charge in [-0.3, -0.25) is 0 Å². The van der Waals surface area contributed by atoms with E-state index in [2.05, 4.69) is 5.32 Å². The first-order valence-electron chi connectivity index (χ1n) is 5.10. The van der Waals surface area contributed by atoms with E-state index >= 15 is 0 Å². The van der Waals surface area contributed by atoms with Crippen LogP contribution in [-0.2, 0) is 12.3 Å². The maximum absolute atomic E-state index is 11.9. The van der Waals surface area contributed by atoms with E-state index in [0.29, 0.717) is 30.6 Å². The molecule has 0 aromatic carbocycles. The molecule has 0 radical (unpaired) electrons. The molecular formula is C10H16F2N2OS. The van der Waals surface area contributed by atoms with E-state index in [0.717, 1.165) is 18.7 Å². The van der Waals surface area contributed by atoms with Gasteiger partial charge in [0, 0.05) is 0 Å². The Labute approximate surface area is 97.8 Å². The predicted molar refractivity (Wildman–Crippen MR) is 61.4 cm³/mol. The monoisotopic (exact) mass is 250 g/mol. The number of alkyl halides is 2. The molecule has 92 valence electrons. The molecule has 0 aliphatic heterocycles. The summed E-state index contributed by atoms with van der Waals surface area (Å²) < 4.78 is 29.2. The van der Waals surface area contributed by atoms with Crippen molar-refractivity contribution >= 4 is 11.8 Å². The quantitative estimate of drug-likeness (QED) is 0.694. The second kappa shape index (κ2) is 7.65. The van der Waals surface area contributed by atoms with Gasteiger partial charge in [-0.25, -0.2) is 0 Å². The lowest BCUT2D eigenvalue weighted by Gasteiger charge is -2.00. The molecule has 0 unspecified atom stereocenters. The van der Waals surface area contributed by atoms with Crippen LogP contribution in [0.15, 0.2) is 16.5 Å². The fraction of sp³-hybridized carbons (Fsp3) is 0.600. The van der Waals surface area contributed by atoms with E-state index < -0.39 is 5.76 Å². The van der Waals surface area contributed by atoms with Crippen molar-refractivity contribution in [3.05, 3.63) is 23.7 Å². The Kier molecular flexibility index (Phi) is 6.44. The lowest BCUT2D eigenvalue weighted by atomic mass is 10.4.